The number of hydrogen-bond donors (Lipinski definition) is 0. The summed E-state index contributed by atoms with van der Waals surface area (Å²) >= 11 is 0. The Kier molecular flexibility index (Phi) is 15.9. The standard InChI is InChI=1S/C46H30N2.2C36H21N3/c1-3-12-34(13-4-1)47(35-14-5-2-6-15-35)36-26-21-31(22-27-36)32-23-28-37(29-24-32)48-42-20-10-19-41-39-17-8-7-16-38(39)40-18-9-11-33-25-30-43(48)46(44(33)40)45(41)42;1-2-10-23(11-3-1)35-36(38-29-18-7-6-17-28(29)37-35)39-30-19-9-16-27-25-14-5-4-13-24(25)26-15-8-12-22-20-21-31(39)34(32(22)26)33(27)30;1-2-10-23(11-3-1)35-28-15-6-7-18-29(28)37-36(38-35)39-30-19-9-17-27-25-14-5-4-13-24(25)26-16-8-12-22-20-21-31(39)34(32(22)26)33(27)30/h1-30H;2*1-21H. The summed E-state index contributed by atoms with van der Waals surface area (Å²) in [5.74, 6) is 1.54. The van der Waals surface area contributed by atoms with Crippen LogP contribution in [0.1, 0.15) is 0 Å². The number of anilines is 3. The number of hydrogen-bond acceptors (Lipinski definition) is 5. The molecule has 8 heteroatoms. The summed E-state index contributed by atoms with van der Waals surface area (Å²) in [4.78, 5) is 23.2. The summed E-state index contributed by atoms with van der Waals surface area (Å²) in [7, 11) is 0. The molecule has 8 nitrogen and oxygen atoms in total. The van der Waals surface area contributed by atoms with E-state index in [1.807, 2.05) is 42.5 Å². The van der Waals surface area contributed by atoms with Crippen LogP contribution >= 0.6 is 0 Å². The molecule has 0 N–H and O–H groups in total. The molecule has 0 fully saturated rings. The molecule has 0 atom stereocenters. The van der Waals surface area contributed by atoms with Crippen molar-refractivity contribution in [3.8, 4) is 118 Å². The Hall–Kier alpha value is -16.9. The molecular formula is C118H72N8. The Morgan fingerprint density at radius 2 is 0.500 bits per heavy atom. The molecule has 0 spiro atoms. The molecule has 0 saturated heterocycles. The van der Waals surface area contributed by atoms with Crippen LogP contribution in [0.3, 0.4) is 0 Å². The molecule has 5 heterocycles. The zero-order valence-electron chi connectivity index (χ0n) is 68.1. The molecule has 0 amide bonds. The Labute approximate surface area is 725 Å². The second kappa shape index (κ2) is 28.3. The lowest BCUT2D eigenvalue weighted by atomic mass is 9.93. The highest BCUT2D eigenvalue weighted by molar-refractivity contribution is 6.34. The molecular weight excluding hydrogens is 1530 g/mol. The minimum atomic E-state index is 0.690. The zero-order chi connectivity index (χ0) is 82.6. The maximum atomic E-state index is 5.29. The van der Waals surface area contributed by atoms with Crippen molar-refractivity contribution >= 4 is 137 Å². The quantitative estimate of drug-likeness (QED) is 0.144. The number of benzene rings is 20. The van der Waals surface area contributed by atoms with Crippen LogP contribution in [0.2, 0.25) is 0 Å². The van der Waals surface area contributed by atoms with Gasteiger partial charge in [-0.15, -0.1) is 0 Å². The normalized spacial score (nSPS) is 12.0. The highest BCUT2D eigenvalue weighted by Crippen LogP contribution is 2.55. The maximum absolute atomic E-state index is 5.29. The number of rotatable bonds is 9. The molecule has 25 aromatic rings. The molecule has 0 bridgehead atoms. The highest BCUT2D eigenvalue weighted by atomic mass is 15.2. The molecule has 126 heavy (non-hydrogen) atoms. The predicted molar refractivity (Wildman–Crippen MR) is 525 cm³/mol. The number of nitrogens with zero attached hydrogens (tertiary/aromatic N) is 8. The van der Waals surface area contributed by atoms with E-state index in [1.54, 1.807) is 0 Å². The second-order valence-electron chi connectivity index (χ2n) is 32.9. The van der Waals surface area contributed by atoms with Gasteiger partial charge in [-0.05, 0) is 213 Å². The van der Waals surface area contributed by atoms with E-state index in [0.717, 1.165) is 95.1 Å². The van der Waals surface area contributed by atoms with Gasteiger partial charge in [-0.2, -0.15) is 0 Å². The molecule has 0 aliphatic heterocycles. The summed E-state index contributed by atoms with van der Waals surface area (Å²) in [6.45, 7) is 0. The average Bonchev–Trinajstić information content (AvgIpc) is 1.55. The lowest BCUT2D eigenvalue weighted by Gasteiger charge is -2.25. The molecule has 0 radical (unpaired) electrons. The van der Waals surface area contributed by atoms with E-state index in [1.165, 1.54) is 154 Å². The fourth-order valence-corrected chi connectivity index (χ4v) is 20.8. The van der Waals surface area contributed by atoms with Gasteiger partial charge in [0, 0.05) is 71.6 Å². The Morgan fingerprint density at radius 1 is 0.175 bits per heavy atom. The van der Waals surface area contributed by atoms with Gasteiger partial charge in [-0.1, -0.05) is 334 Å². The van der Waals surface area contributed by atoms with Crippen molar-refractivity contribution in [2.75, 3.05) is 4.90 Å². The van der Waals surface area contributed by atoms with Gasteiger partial charge >= 0.3 is 0 Å². The van der Waals surface area contributed by atoms with Crippen LogP contribution in [-0.2, 0) is 0 Å². The van der Waals surface area contributed by atoms with E-state index in [2.05, 4.69) is 413 Å². The van der Waals surface area contributed by atoms with Crippen molar-refractivity contribution in [3.63, 3.8) is 0 Å². The molecule has 5 aromatic heterocycles. The first-order valence-electron chi connectivity index (χ1n) is 43.1. The molecule has 28 rings (SSSR count). The molecule has 584 valence electrons. The minimum absolute atomic E-state index is 0.690. The summed E-state index contributed by atoms with van der Waals surface area (Å²) in [5, 5.41) is 16.5. The fourth-order valence-electron chi connectivity index (χ4n) is 20.8. The molecule has 0 saturated carbocycles. The Morgan fingerprint density at radius 3 is 0.960 bits per heavy atom. The van der Waals surface area contributed by atoms with Crippen LogP contribution in [0.25, 0.3) is 238 Å². The van der Waals surface area contributed by atoms with Gasteiger partial charge in [0.15, 0.2) is 5.82 Å². The largest absolute Gasteiger partial charge is 0.311 e. The monoisotopic (exact) mass is 1600 g/mol. The first kappa shape index (κ1) is 70.9. The van der Waals surface area contributed by atoms with Gasteiger partial charge in [-0.25, -0.2) is 19.9 Å². The van der Waals surface area contributed by atoms with Crippen LogP contribution in [0, 0.1) is 0 Å². The Bertz CT molecular complexity index is 8780. The topological polar surface area (TPSA) is 69.6 Å². The van der Waals surface area contributed by atoms with E-state index in [9.17, 15) is 0 Å². The number of para-hydroxylation sites is 5. The third-order valence-electron chi connectivity index (χ3n) is 26.2. The van der Waals surface area contributed by atoms with Crippen molar-refractivity contribution < 1.29 is 0 Å². The van der Waals surface area contributed by atoms with Gasteiger partial charge in [0.05, 0.1) is 55.3 Å². The van der Waals surface area contributed by atoms with Crippen LogP contribution < -0.4 is 4.90 Å². The lowest BCUT2D eigenvalue weighted by Crippen LogP contribution is -2.09. The van der Waals surface area contributed by atoms with Crippen LogP contribution in [0.15, 0.2) is 437 Å². The smallest absolute Gasteiger partial charge is 0.235 e. The van der Waals surface area contributed by atoms with Crippen molar-refractivity contribution in [1.82, 2.24) is 33.6 Å². The summed E-state index contributed by atoms with van der Waals surface area (Å²) < 4.78 is 7.04. The first-order chi connectivity index (χ1) is 62.6. The average molecular weight is 1600 g/mol. The molecule has 20 aromatic carbocycles. The van der Waals surface area contributed by atoms with Crippen LogP contribution in [0.5, 0.6) is 0 Å². The van der Waals surface area contributed by atoms with Crippen molar-refractivity contribution in [3.05, 3.63) is 437 Å². The maximum Gasteiger partial charge on any atom is 0.235 e. The third-order valence-corrected chi connectivity index (χ3v) is 26.2. The van der Waals surface area contributed by atoms with Gasteiger partial charge in [0.25, 0.3) is 0 Å². The van der Waals surface area contributed by atoms with Crippen molar-refractivity contribution in [1.29, 1.82) is 0 Å². The van der Waals surface area contributed by atoms with E-state index in [4.69, 9.17) is 19.9 Å². The summed E-state index contributed by atoms with van der Waals surface area (Å²) in [6.07, 6.45) is 0. The molecule has 0 unspecified atom stereocenters. The van der Waals surface area contributed by atoms with E-state index in [0.29, 0.717) is 5.95 Å². The van der Waals surface area contributed by atoms with Crippen LogP contribution in [0.4, 0.5) is 17.1 Å². The Balaban J connectivity index is 0.000000101. The first-order valence-corrected chi connectivity index (χ1v) is 43.1. The fraction of sp³-hybridized carbons (Fsp3) is 0. The van der Waals surface area contributed by atoms with E-state index in [-0.39, 0.29) is 0 Å². The SMILES string of the molecule is c1ccc(-c2nc(-n3c4cccc5c4c4c6c(cccc6ccc43)-c3ccccc3-5)nc3ccccc23)cc1.c1ccc(-c2nc3ccccc3nc2-n2c3cccc4c3c3c5c(cccc5ccc32)-c2ccccc2-4)cc1.c1ccc(N(c2ccccc2)c2ccc(-c3ccc(-n4c5cccc6c5c5c7c(cccc7ccc54)-c4ccccc4-6)cc3)cc2)cc1. The van der Waals surface area contributed by atoms with Crippen LogP contribution in [-0.4, -0.2) is 33.6 Å². The highest BCUT2D eigenvalue weighted by Gasteiger charge is 2.31. The third kappa shape index (κ3) is 10.9. The lowest BCUT2D eigenvalue weighted by molar-refractivity contribution is 1.01. The summed E-state index contributed by atoms with van der Waals surface area (Å²) in [6, 6.07) is 156. The van der Waals surface area contributed by atoms with Crippen molar-refractivity contribution in [2.24, 2.45) is 0 Å². The number of fused-ring (bicyclic) bond motifs is 11. The van der Waals surface area contributed by atoms with E-state index < -0.39 is 0 Å². The second-order valence-corrected chi connectivity index (χ2v) is 32.9. The van der Waals surface area contributed by atoms with Crippen molar-refractivity contribution in [2.45, 2.75) is 0 Å². The van der Waals surface area contributed by atoms with Gasteiger partial charge < -0.3 is 9.47 Å². The predicted octanol–water partition coefficient (Wildman–Crippen LogP) is 31.1. The minimum Gasteiger partial charge on any atom is -0.311 e. The van der Waals surface area contributed by atoms with Gasteiger partial charge in [-0.3, -0.25) is 9.13 Å². The zero-order valence-corrected chi connectivity index (χ0v) is 68.1. The summed E-state index contributed by atoms with van der Waals surface area (Å²) in [5.41, 5.74) is 36.0. The molecule has 3 aliphatic carbocycles. The van der Waals surface area contributed by atoms with E-state index >= 15 is 0 Å². The van der Waals surface area contributed by atoms with Gasteiger partial charge in [0.1, 0.15) is 5.69 Å². The van der Waals surface area contributed by atoms with Gasteiger partial charge in [0.2, 0.25) is 5.95 Å². The molecule has 3 aliphatic rings. The number of aromatic nitrogens is 7.